The van der Waals surface area contributed by atoms with Gasteiger partial charge in [-0.3, -0.25) is 13.9 Å². The molecule has 2 amide bonds. The van der Waals surface area contributed by atoms with Crippen molar-refractivity contribution in [2.24, 2.45) is 0 Å². The molecule has 0 radical (unpaired) electrons. The minimum atomic E-state index is -4.16. The van der Waals surface area contributed by atoms with Crippen molar-refractivity contribution in [1.82, 2.24) is 10.2 Å². The highest BCUT2D eigenvalue weighted by Gasteiger charge is 2.33. The van der Waals surface area contributed by atoms with Gasteiger partial charge in [0.25, 0.3) is 10.0 Å². The standard InChI is InChI=1S/C30H35BrClN3O4S/c1-20-7-14-26(17-21(20)2)35(40(38,39)27-15-12-25(32)13-16-27)19-28(36)34(18-23-8-10-24(31)11-9-23)22(3)29(37)33-30(4,5)6/h7-17,22H,18-19H2,1-6H3,(H,33,37). The SMILES string of the molecule is Cc1ccc(N(CC(=O)N(Cc2ccc(Br)cc2)C(C)C(=O)NC(C)(C)C)S(=O)(=O)c2ccc(Cl)cc2)cc1C. The third-order valence-corrected chi connectivity index (χ3v) is 8.96. The Kier molecular flexibility index (Phi) is 10.1. The second-order valence-corrected chi connectivity index (χ2v) is 14.0. The van der Waals surface area contributed by atoms with Crippen molar-refractivity contribution in [3.63, 3.8) is 0 Å². The zero-order chi connectivity index (χ0) is 29.8. The molecule has 0 aliphatic carbocycles. The Balaban J connectivity index is 2.06. The van der Waals surface area contributed by atoms with Crippen LogP contribution in [0.4, 0.5) is 5.69 Å². The molecule has 0 aromatic heterocycles. The molecule has 1 N–H and O–H groups in total. The van der Waals surface area contributed by atoms with E-state index in [1.54, 1.807) is 19.1 Å². The molecule has 0 bridgehead atoms. The summed E-state index contributed by atoms with van der Waals surface area (Å²) in [6.07, 6.45) is 0. The second-order valence-electron chi connectivity index (χ2n) is 10.8. The van der Waals surface area contributed by atoms with E-state index in [4.69, 9.17) is 11.6 Å². The van der Waals surface area contributed by atoms with Gasteiger partial charge in [0, 0.05) is 21.6 Å². The number of benzene rings is 3. The van der Waals surface area contributed by atoms with Gasteiger partial charge in [0.15, 0.2) is 0 Å². The molecule has 214 valence electrons. The highest BCUT2D eigenvalue weighted by molar-refractivity contribution is 9.10. The fraction of sp³-hybridized carbons (Fsp3) is 0.333. The van der Waals surface area contributed by atoms with Crippen molar-refractivity contribution in [3.05, 3.63) is 92.9 Å². The second kappa shape index (κ2) is 12.7. The quantitative estimate of drug-likeness (QED) is 0.297. The smallest absolute Gasteiger partial charge is 0.264 e. The summed E-state index contributed by atoms with van der Waals surface area (Å²) >= 11 is 9.43. The third-order valence-electron chi connectivity index (χ3n) is 6.39. The average Bonchev–Trinajstić information content (AvgIpc) is 2.87. The van der Waals surface area contributed by atoms with Crippen molar-refractivity contribution in [1.29, 1.82) is 0 Å². The zero-order valence-electron chi connectivity index (χ0n) is 23.5. The minimum absolute atomic E-state index is 0.000844. The van der Waals surface area contributed by atoms with Crippen LogP contribution in [0.5, 0.6) is 0 Å². The van der Waals surface area contributed by atoms with Crippen molar-refractivity contribution in [2.75, 3.05) is 10.8 Å². The molecule has 7 nitrogen and oxygen atoms in total. The Morgan fingerprint density at radius 1 is 0.950 bits per heavy atom. The molecule has 3 aromatic carbocycles. The van der Waals surface area contributed by atoms with Crippen molar-refractivity contribution < 1.29 is 18.0 Å². The Morgan fingerprint density at radius 2 is 1.55 bits per heavy atom. The van der Waals surface area contributed by atoms with Gasteiger partial charge >= 0.3 is 0 Å². The largest absolute Gasteiger partial charge is 0.350 e. The minimum Gasteiger partial charge on any atom is -0.350 e. The summed E-state index contributed by atoms with van der Waals surface area (Å²) < 4.78 is 29.8. The van der Waals surface area contributed by atoms with E-state index in [9.17, 15) is 18.0 Å². The van der Waals surface area contributed by atoms with Gasteiger partial charge in [0.05, 0.1) is 10.6 Å². The molecule has 1 atom stereocenters. The Labute approximate surface area is 250 Å². The fourth-order valence-electron chi connectivity index (χ4n) is 3.99. The van der Waals surface area contributed by atoms with Gasteiger partial charge in [-0.2, -0.15) is 0 Å². The van der Waals surface area contributed by atoms with E-state index in [0.717, 1.165) is 25.5 Å². The average molecular weight is 649 g/mol. The number of nitrogens with zero attached hydrogens (tertiary/aromatic N) is 2. The maximum atomic E-state index is 14.0. The number of hydrogen-bond donors (Lipinski definition) is 1. The number of nitrogens with one attached hydrogen (secondary N) is 1. The van der Waals surface area contributed by atoms with Crippen LogP contribution in [-0.2, 0) is 26.2 Å². The first-order chi connectivity index (χ1) is 18.6. The van der Waals surface area contributed by atoms with Crippen LogP contribution in [0.15, 0.2) is 76.1 Å². The van der Waals surface area contributed by atoms with Gasteiger partial charge in [-0.05, 0) is 107 Å². The summed E-state index contributed by atoms with van der Waals surface area (Å²) in [4.78, 5) is 28.6. The lowest BCUT2D eigenvalue weighted by molar-refractivity contribution is -0.140. The molecular formula is C30H35BrClN3O4S. The number of sulfonamides is 1. The Morgan fingerprint density at radius 3 is 2.10 bits per heavy atom. The van der Waals surface area contributed by atoms with Crippen LogP contribution < -0.4 is 9.62 Å². The van der Waals surface area contributed by atoms with E-state index in [-0.39, 0.29) is 17.3 Å². The Hall–Kier alpha value is -2.88. The lowest BCUT2D eigenvalue weighted by Crippen LogP contribution is -2.54. The predicted molar refractivity (Wildman–Crippen MR) is 164 cm³/mol. The van der Waals surface area contributed by atoms with Gasteiger partial charge in [-0.1, -0.05) is 45.7 Å². The van der Waals surface area contributed by atoms with Crippen LogP contribution in [0, 0.1) is 13.8 Å². The topological polar surface area (TPSA) is 86.8 Å². The molecule has 0 heterocycles. The van der Waals surface area contributed by atoms with E-state index >= 15 is 0 Å². The van der Waals surface area contributed by atoms with E-state index in [2.05, 4.69) is 21.2 Å². The van der Waals surface area contributed by atoms with Crippen molar-refractivity contribution in [2.45, 2.75) is 64.6 Å². The normalized spacial score (nSPS) is 12.5. The summed E-state index contributed by atoms with van der Waals surface area (Å²) in [7, 11) is -4.16. The molecule has 0 saturated heterocycles. The van der Waals surface area contributed by atoms with Crippen molar-refractivity contribution >= 4 is 55.1 Å². The maximum absolute atomic E-state index is 14.0. The van der Waals surface area contributed by atoms with Gasteiger partial charge in [0.1, 0.15) is 12.6 Å². The first kappa shape index (κ1) is 31.6. The van der Waals surface area contributed by atoms with Crippen LogP contribution in [0.1, 0.15) is 44.4 Å². The number of rotatable bonds is 9. The van der Waals surface area contributed by atoms with E-state index < -0.39 is 34.1 Å². The molecular weight excluding hydrogens is 614 g/mol. The van der Waals surface area contributed by atoms with Gasteiger partial charge < -0.3 is 10.2 Å². The highest BCUT2D eigenvalue weighted by Crippen LogP contribution is 2.27. The summed E-state index contributed by atoms with van der Waals surface area (Å²) in [6.45, 7) is 10.6. The number of anilines is 1. The number of amides is 2. The molecule has 40 heavy (non-hydrogen) atoms. The lowest BCUT2D eigenvalue weighted by Gasteiger charge is -2.33. The first-order valence-corrected chi connectivity index (χ1v) is 15.4. The van der Waals surface area contributed by atoms with Gasteiger partial charge in [0.2, 0.25) is 11.8 Å². The van der Waals surface area contributed by atoms with E-state index in [0.29, 0.717) is 10.7 Å². The van der Waals surface area contributed by atoms with Crippen LogP contribution in [0.3, 0.4) is 0 Å². The zero-order valence-corrected chi connectivity index (χ0v) is 26.7. The molecule has 0 aliphatic rings. The predicted octanol–water partition coefficient (Wildman–Crippen LogP) is 6.25. The van der Waals surface area contributed by atoms with E-state index in [1.807, 2.05) is 65.0 Å². The van der Waals surface area contributed by atoms with Crippen LogP contribution in [0.2, 0.25) is 5.02 Å². The summed E-state index contributed by atoms with van der Waals surface area (Å²) in [5, 5.41) is 3.32. The molecule has 0 fully saturated rings. The monoisotopic (exact) mass is 647 g/mol. The summed E-state index contributed by atoms with van der Waals surface area (Å²) in [5.41, 5.74) is 2.50. The molecule has 3 aromatic rings. The molecule has 0 aliphatic heterocycles. The summed E-state index contributed by atoms with van der Waals surface area (Å²) in [6, 6.07) is 17.6. The Bertz CT molecular complexity index is 1470. The van der Waals surface area contributed by atoms with E-state index in [1.165, 1.54) is 29.2 Å². The van der Waals surface area contributed by atoms with Gasteiger partial charge in [-0.25, -0.2) is 8.42 Å². The fourth-order valence-corrected chi connectivity index (χ4v) is 5.78. The van der Waals surface area contributed by atoms with Gasteiger partial charge in [-0.15, -0.1) is 0 Å². The molecule has 1 unspecified atom stereocenters. The maximum Gasteiger partial charge on any atom is 0.264 e. The summed E-state index contributed by atoms with van der Waals surface area (Å²) in [5.74, 6) is -0.855. The third kappa shape index (κ3) is 8.08. The number of hydrogen-bond acceptors (Lipinski definition) is 4. The highest BCUT2D eigenvalue weighted by atomic mass is 79.9. The van der Waals surface area contributed by atoms with Crippen LogP contribution in [0.25, 0.3) is 0 Å². The van der Waals surface area contributed by atoms with Crippen LogP contribution >= 0.6 is 27.5 Å². The lowest BCUT2D eigenvalue weighted by atomic mass is 10.1. The molecule has 10 heteroatoms. The molecule has 0 spiro atoms. The van der Waals surface area contributed by atoms with Crippen LogP contribution in [-0.4, -0.2) is 43.3 Å². The number of halogens is 2. The number of aryl methyl sites for hydroxylation is 2. The first-order valence-electron chi connectivity index (χ1n) is 12.8. The number of carbonyl (C=O) groups excluding carboxylic acids is 2. The molecule has 0 saturated carbocycles. The number of carbonyl (C=O) groups is 2. The van der Waals surface area contributed by atoms with Crippen molar-refractivity contribution in [3.8, 4) is 0 Å². The molecule has 3 rings (SSSR count).